The van der Waals surface area contributed by atoms with Gasteiger partial charge < -0.3 is 4.74 Å². The van der Waals surface area contributed by atoms with Gasteiger partial charge in [0.15, 0.2) is 0 Å². The first-order chi connectivity index (χ1) is 10.1. The molecule has 0 atom stereocenters. The van der Waals surface area contributed by atoms with E-state index < -0.39 is 10.0 Å². The molecule has 3 rings (SSSR count). The maximum absolute atomic E-state index is 12.2. The number of sulfonamides is 1. The molecule has 21 heavy (non-hydrogen) atoms. The molecule has 2 heterocycles. The van der Waals surface area contributed by atoms with Gasteiger partial charge in [0, 0.05) is 19.4 Å². The number of aromatic amines is 1. The van der Waals surface area contributed by atoms with Crippen LogP contribution in [0.15, 0.2) is 29.4 Å². The molecule has 2 aromatic rings. The van der Waals surface area contributed by atoms with Gasteiger partial charge in [-0.1, -0.05) is 0 Å². The van der Waals surface area contributed by atoms with E-state index in [0.29, 0.717) is 26.0 Å². The van der Waals surface area contributed by atoms with E-state index in [1.165, 1.54) is 6.33 Å². The summed E-state index contributed by atoms with van der Waals surface area (Å²) in [6, 6.07) is 4.97. The van der Waals surface area contributed by atoms with Crippen LogP contribution in [0.25, 0.3) is 0 Å². The maximum atomic E-state index is 12.2. The Bertz CT molecular complexity index is 713. The molecular formula is C13H16N4O3S. The highest BCUT2D eigenvalue weighted by Gasteiger charge is 2.18. The number of H-pyrrole nitrogens is 1. The second-order valence-corrected chi connectivity index (χ2v) is 6.57. The summed E-state index contributed by atoms with van der Waals surface area (Å²) < 4.78 is 32.4. The number of ether oxygens (including phenoxy) is 1. The summed E-state index contributed by atoms with van der Waals surface area (Å²) in [7, 11) is -3.47. The highest BCUT2D eigenvalue weighted by atomic mass is 32.2. The Hall–Kier alpha value is -1.93. The third kappa shape index (κ3) is 3.22. The fourth-order valence-corrected chi connectivity index (χ4v) is 3.35. The van der Waals surface area contributed by atoms with E-state index in [1.54, 1.807) is 18.2 Å². The van der Waals surface area contributed by atoms with Crippen molar-refractivity contribution in [2.24, 2.45) is 0 Å². The normalized spacial score (nSPS) is 13.9. The molecule has 0 fully saturated rings. The first-order valence-electron chi connectivity index (χ1n) is 6.75. The molecule has 1 aromatic heterocycles. The minimum absolute atomic E-state index is 0.284. The number of benzene rings is 1. The molecule has 8 heteroatoms. The van der Waals surface area contributed by atoms with E-state index in [1.807, 2.05) is 0 Å². The number of aryl methyl sites for hydroxylation is 1. The predicted octanol–water partition coefficient (Wildman–Crippen LogP) is 0.651. The van der Waals surface area contributed by atoms with Gasteiger partial charge in [-0.2, -0.15) is 5.10 Å². The third-order valence-corrected chi connectivity index (χ3v) is 4.78. The van der Waals surface area contributed by atoms with E-state index in [4.69, 9.17) is 4.74 Å². The fourth-order valence-electron chi connectivity index (χ4n) is 2.23. The van der Waals surface area contributed by atoms with Crippen molar-refractivity contribution in [2.75, 3.05) is 13.2 Å². The molecule has 0 aliphatic carbocycles. The van der Waals surface area contributed by atoms with Crippen LogP contribution in [0.3, 0.4) is 0 Å². The summed E-state index contributed by atoms with van der Waals surface area (Å²) in [4.78, 5) is 4.27. The van der Waals surface area contributed by atoms with Gasteiger partial charge in [-0.05, 0) is 30.2 Å². The predicted molar refractivity (Wildman–Crippen MR) is 75.5 cm³/mol. The summed E-state index contributed by atoms with van der Waals surface area (Å²) in [6.07, 6.45) is 3.50. The van der Waals surface area contributed by atoms with Crippen LogP contribution in [0.5, 0.6) is 5.75 Å². The lowest BCUT2D eigenvalue weighted by atomic mass is 10.2. The van der Waals surface area contributed by atoms with Gasteiger partial charge in [-0.15, -0.1) is 0 Å². The highest BCUT2D eigenvalue weighted by Crippen LogP contribution is 2.27. The minimum Gasteiger partial charge on any atom is -0.493 e. The average molecular weight is 308 g/mol. The average Bonchev–Trinajstić information content (AvgIpc) is 3.13. The fraction of sp³-hybridized carbons (Fsp3) is 0.385. The molecule has 0 bridgehead atoms. The third-order valence-electron chi connectivity index (χ3n) is 3.32. The SMILES string of the molecule is O=S(=O)(NCCCc1ncn[nH]1)c1ccc2c(c1)CCO2. The van der Waals surface area contributed by atoms with E-state index in [2.05, 4.69) is 19.9 Å². The number of hydrogen-bond acceptors (Lipinski definition) is 5. The monoisotopic (exact) mass is 308 g/mol. The minimum atomic E-state index is -3.47. The zero-order chi connectivity index (χ0) is 14.7. The maximum Gasteiger partial charge on any atom is 0.240 e. The number of nitrogens with one attached hydrogen (secondary N) is 2. The van der Waals surface area contributed by atoms with E-state index in [9.17, 15) is 8.42 Å². The molecule has 112 valence electrons. The van der Waals surface area contributed by atoms with Crippen LogP contribution in [0.4, 0.5) is 0 Å². The molecule has 2 N–H and O–H groups in total. The zero-order valence-electron chi connectivity index (χ0n) is 11.4. The van der Waals surface area contributed by atoms with Gasteiger partial charge >= 0.3 is 0 Å². The van der Waals surface area contributed by atoms with Crippen molar-refractivity contribution in [2.45, 2.75) is 24.2 Å². The summed E-state index contributed by atoms with van der Waals surface area (Å²) in [5, 5.41) is 6.49. The van der Waals surface area contributed by atoms with Crippen molar-refractivity contribution in [1.29, 1.82) is 0 Å². The molecule has 0 saturated heterocycles. The second kappa shape index (κ2) is 5.82. The van der Waals surface area contributed by atoms with Crippen molar-refractivity contribution in [1.82, 2.24) is 19.9 Å². The van der Waals surface area contributed by atoms with Gasteiger partial charge in [0.25, 0.3) is 0 Å². The molecule has 0 saturated carbocycles. The number of hydrogen-bond donors (Lipinski definition) is 2. The smallest absolute Gasteiger partial charge is 0.240 e. The van der Waals surface area contributed by atoms with Crippen LogP contribution in [0.2, 0.25) is 0 Å². The largest absolute Gasteiger partial charge is 0.493 e. The van der Waals surface area contributed by atoms with Crippen LogP contribution in [-0.2, 0) is 22.9 Å². The molecule has 1 aliphatic rings. The first kappa shape index (κ1) is 14.0. The number of aromatic nitrogens is 3. The Labute approximate surface area is 122 Å². The van der Waals surface area contributed by atoms with Gasteiger partial charge in [0.1, 0.15) is 17.9 Å². The molecule has 1 aromatic carbocycles. The van der Waals surface area contributed by atoms with Gasteiger partial charge in [0.05, 0.1) is 11.5 Å². The number of fused-ring (bicyclic) bond motifs is 1. The van der Waals surface area contributed by atoms with Crippen LogP contribution in [0.1, 0.15) is 17.8 Å². The Morgan fingerprint density at radius 3 is 3.10 bits per heavy atom. The summed E-state index contributed by atoms with van der Waals surface area (Å²) >= 11 is 0. The van der Waals surface area contributed by atoms with Gasteiger partial charge in [0.2, 0.25) is 10.0 Å². The Morgan fingerprint density at radius 2 is 2.29 bits per heavy atom. The lowest BCUT2D eigenvalue weighted by Gasteiger charge is -2.07. The lowest BCUT2D eigenvalue weighted by Crippen LogP contribution is -2.25. The zero-order valence-corrected chi connectivity index (χ0v) is 12.2. The lowest BCUT2D eigenvalue weighted by molar-refractivity contribution is 0.356. The van der Waals surface area contributed by atoms with Gasteiger partial charge in [-0.25, -0.2) is 18.1 Å². The van der Waals surface area contributed by atoms with Crippen LogP contribution >= 0.6 is 0 Å². The summed E-state index contributed by atoms with van der Waals surface area (Å²) in [6.45, 7) is 0.972. The molecule has 7 nitrogen and oxygen atoms in total. The molecule has 0 radical (unpaired) electrons. The van der Waals surface area contributed by atoms with E-state index >= 15 is 0 Å². The van der Waals surface area contributed by atoms with Crippen molar-refractivity contribution in [3.63, 3.8) is 0 Å². The van der Waals surface area contributed by atoms with Crippen LogP contribution in [0, 0.1) is 0 Å². The van der Waals surface area contributed by atoms with Crippen molar-refractivity contribution in [3.05, 3.63) is 35.9 Å². The van der Waals surface area contributed by atoms with E-state index in [0.717, 1.165) is 23.6 Å². The van der Waals surface area contributed by atoms with Crippen LogP contribution in [-0.4, -0.2) is 36.8 Å². The summed E-state index contributed by atoms with van der Waals surface area (Å²) in [5.74, 6) is 1.53. The molecule has 0 amide bonds. The Morgan fingerprint density at radius 1 is 1.38 bits per heavy atom. The highest BCUT2D eigenvalue weighted by molar-refractivity contribution is 7.89. The van der Waals surface area contributed by atoms with Crippen molar-refractivity contribution < 1.29 is 13.2 Å². The molecular weight excluding hydrogens is 292 g/mol. The second-order valence-electron chi connectivity index (χ2n) is 4.80. The summed E-state index contributed by atoms with van der Waals surface area (Å²) in [5.41, 5.74) is 0.944. The quantitative estimate of drug-likeness (QED) is 0.764. The number of rotatable bonds is 6. The van der Waals surface area contributed by atoms with Crippen molar-refractivity contribution in [3.8, 4) is 5.75 Å². The first-order valence-corrected chi connectivity index (χ1v) is 8.23. The van der Waals surface area contributed by atoms with Crippen LogP contribution < -0.4 is 9.46 Å². The topological polar surface area (TPSA) is 97.0 Å². The Kier molecular flexibility index (Phi) is 3.89. The van der Waals surface area contributed by atoms with Crippen molar-refractivity contribution >= 4 is 10.0 Å². The molecule has 0 unspecified atom stereocenters. The molecule has 0 spiro atoms. The number of nitrogens with zero attached hydrogens (tertiary/aromatic N) is 2. The Balaban J connectivity index is 1.59. The molecule has 1 aliphatic heterocycles. The van der Waals surface area contributed by atoms with Gasteiger partial charge in [-0.3, -0.25) is 5.10 Å². The standard InChI is InChI=1S/C13H16N4O3S/c18-21(19,16-6-1-2-13-14-9-15-17-13)11-3-4-12-10(8-11)5-7-20-12/h3-4,8-9,16H,1-2,5-7H2,(H,14,15,17). The van der Waals surface area contributed by atoms with E-state index in [-0.39, 0.29) is 4.90 Å².